The molecule has 22 heavy (non-hydrogen) atoms. The van der Waals surface area contributed by atoms with Gasteiger partial charge in [-0.25, -0.2) is 8.78 Å². The molecular formula is C15H17F2N3OS. The van der Waals surface area contributed by atoms with Crippen molar-refractivity contribution in [1.82, 2.24) is 14.9 Å². The van der Waals surface area contributed by atoms with E-state index < -0.39 is 11.6 Å². The Morgan fingerprint density at radius 3 is 3.05 bits per heavy atom. The molecule has 2 heterocycles. The second kappa shape index (κ2) is 6.18. The fourth-order valence-electron chi connectivity index (χ4n) is 2.85. The van der Waals surface area contributed by atoms with Crippen molar-refractivity contribution in [3.63, 3.8) is 0 Å². The number of nitrogens with one attached hydrogen (secondary N) is 2. The van der Waals surface area contributed by atoms with E-state index >= 15 is 0 Å². The molecule has 1 unspecified atom stereocenters. The third-order valence-corrected chi connectivity index (χ3v) is 4.16. The minimum atomic E-state index is -0.651. The number of ether oxygens (including phenoxy) is 1. The number of nitrogens with zero attached hydrogens (tertiary/aromatic N) is 1. The Bertz CT molecular complexity index is 741. The third-order valence-electron chi connectivity index (χ3n) is 3.85. The predicted molar refractivity (Wildman–Crippen MR) is 81.8 cm³/mol. The summed E-state index contributed by atoms with van der Waals surface area (Å²) in [6.45, 7) is 1.13. The number of imidazole rings is 1. The number of benzene rings is 1. The molecule has 1 aliphatic heterocycles. The first-order chi connectivity index (χ1) is 10.6. The van der Waals surface area contributed by atoms with Crippen LogP contribution in [-0.4, -0.2) is 29.8 Å². The summed E-state index contributed by atoms with van der Waals surface area (Å²) >= 11 is 5.34. The topological polar surface area (TPSA) is 42.0 Å². The molecule has 1 atom stereocenters. The average molecular weight is 325 g/mol. The van der Waals surface area contributed by atoms with Gasteiger partial charge in [0.05, 0.1) is 6.04 Å². The van der Waals surface area contributed by atoms with Crippen LogP contribution in [0.1, 0.15) is 17.3 Å². The van der Waals surface area contributed by atoms with Crippen LogP contribution in [0, 0.1) is 16.4 Å². The molecule has 4 nitrogen and oxygen atoms in total. The molecular weight excluding hydrogens is 308 g/mol. The normalized spacial score (nSPS) is 17.1. The molecule has 1 aliphatic rings. The highest BCUT2D eigenvalue weighted by atomic mass is 32.1. The molecule has 0 bridgehead atoms. The number of hydrogen-bond donors (Lipinski definition) is 2. The monoisotopic (exact) mass is 325 g/mol. The largest absolute Gasteiger partial charge is 0.488 e. The van der Waals surface area contributed by atoms with Crippen LogP contribution in [0.5, 0.6) is 5.75 Å². The van der Waals surface area contributed by atoms with Crippen LogP contribution in [0.3, 0.4) is 0 Å². The summed E-state index contributed by atoms with van der Waals surface area (Å²) in [4.78, 5) is 3.04. The molecule has 1 aromatic heterocycles. The first-order valence-corrected chi connectivity index (χ1v) is 7.55. The highest BCUT2D eigenvalue weighted by Crippen LogP contribution is 2.33. The third kappa shape index (κ3) is 2.78. The van der Waals surface area contributed by atoms with Gasteiger partial charge in [0, 0.05) is 42.9 Å². The van der Waals surface area contributed by atoms with Crippen molar-refractivity contribution >= 4 is 12.2 Å². The fourth-order valence-corrected chi connectivity index (χ4v) is 3.17. The van der Waals surface area contributed by atoms with Gasteiger partial charge in [-0.1, -0.05) is 0 Å². The molecule has 0 amide bonds. The zero-order valence-electron chi connectivity index (χ0n) is 12.2. The van der Waals surface area contributed by atoms with Crippen molar-refractivity contribution in [3.8, 4) is 5.75 Å². The average Bonchev–Trinajstić information content (AvgIpc) is 2.85. The summed E-state index contributed by atoms with van der Waals surface area (Å²) in [7, 11) is 1.89. The van der Waals surface area contributed by atoms with E-state index in [-0.39, 0.29) is 11.8 Å². The maximum absolute atomic E-state index is 13.7. The van der Waals surface area contributed by atoms with Gasteiger partial charge in [-0.05, 0) is 25.3 Å². The first kappa shape index (κ1) is 15.2. The van der Waals surface area contributed by atoms with Crippen molar-refractivity contribution in [2.45, 2.75) is 18.9 Å². The second-order valence-electron chi connectivity index (χ2n) is 5.35. The van der Waals surface area contributed by atoms with E-state index in [1.165, 1.54) is 6.07 Å². The lowest BCUT2D eigenvalue weighted by Gasteiger charge is -2.28. The van der Waals surface area contributed by atoms with E-state index in [4.69, 9.17) is 17.0 Å². The number of fused-ring (bicyclic) bond motifs is 1. The van der Waals surface area contributed by atoms with Gasteiger partial charge in [0.25, 0.3) is 0 Å². The van der Waals surface area contributed by atoms with Gasteiger partial charge in [-0.3, -0.25) is 0 Å². The summed E-state index contributed by atoms with van der Waals surface area (Å²) in [6, 6.07) is 2.10. The number of rotatable bonds is 4. The van der Waals surface area contributed by atoms with E-state index in [0.29, 0.717) is 23.4 Å². The van der Waals surface area contributed by atoms with Gasteiger partial charge < -0.3 is 19.6 Å². The van der Waals surface area contributed by atoms with Crippen molar-refractivity contribution < 1.29 is 13.5 Å². The van der Waals surface area contributed by atoms with Crippen LogP contribution in [-0.2, 0) is 12.8 Å². The lowest BCUT2D eigenvalue weighted by atomic mass is 10.0. The molecule has 1 aromatic carbocycles. The van der Waals surface area contributed by atoms with Crippen molar-refractivity contribution in [2.24, 2.45) is 0 Å². The van der Waals surface area contributed by atoms with E-state index in [2.05, 4.69) is 10.3 Å². The minimum Gasteiger partial charge on any atom is -0.488 e. The van der Waals surface area contributed by atoms with Crippen molar-refractivity contribution in [1.29, 1.82) is 0 Å². The standard InChI is InChI=1S/C15H17F2N3OS/c1-18-3-2-11-7-19-15(22)20(11)12-5-9-4-10(16)6-13(17)14(9)21-8-12/h4,6-7,12,18H,2-3,5,8H2,1H3,(H,19,22). The number of hydrogen-bond acceptors (Lipinski definition) is 3. The zero-order chi connectivity index (χ0) is 15.7. The van der Waals surface area contributed by atoms with Crippen molar-refractivity contribution in [2.75, 3.05) is 20.2 Å². The smallest absolute Gasteiger partial charge is 0.177 e. The van der Waals surface area contributed by atoms with Gasteiger partial charge in [-0.15, -0.1) is 0 Å². The SMILES string of the molecule is CNCCc1c[nH]c(=S)n1C1COc2c(F)cc(F)cc2C1. The minimum absolute atomic E-state index is 0.0701. The summed E-state index contributed by atoms with van der Waals surface area (Å²) in [5, 5.41) is 3.09. The maximum Gasteiger partial charge on any atom is 0.177 e. The number of H-pyrrole nitrogens is 1. The summed E-state index contributed by atoms with van der Waals surface area (Å²) in [5.74, 6) is -1.09. The molecule has 2 aromatic rings. The van der Waals surface area contributed by atoms with Gasteiger partial charge in [0.2, 0.25) is 0 Å². The quantitative estimate of drug-likeness (QED) is 0.850. The molecule has 0 fully saturated rings. The number of halogens is 2. The highest BCUT2D eigenvalue weighted by molar-refractivity contribution is 7.71. The van der Waals surface area contributed by atoms with Gasteiger partial charge in [0.1, 0.15) is 12.4 Å². The highest BCUT2D eigenvalue weighted by Gasteiger charge is 2.26. The molecule has 0 aliphatic carbocycles. The maximum atomic E-state index is 13.7. The van der Waals surface area contributed by atoms with Crippen LogP contribution >= 0.6 is 12.2 Å². The van der Waals surface area contributed by atoms with Gasteiger partial charge in [-0.2, -0.15) is 0 Å². The summed E-state index contributed by atoms with van der Waals surface area (Å²) in [5.41, 5.74) is 1.59. The number of aromatic nitrogens is 2. The summed E-state index contributed by atoms with van der Waals surface area (Å²) < 4.78 is 35.2. The van der Waals surface area contributed by atoms with E-state index in [9.17, 15) is 8.78 Å². The Morgan fingerprint density at radius 2 is 2.27 bits per heavy atom. The van der Waals surface area contributed by atoms with Gasteiger partial charge in [0.15, 0.2) is 16.3 Å². The fraction of sp³-hybridized carbons (Fsp3) is 0.400. The predicted octanol–water partition coefficient (Wildman–Crippen LogP) is 2.76. The molecule has 3 rings (SSSR count). The molecule has 7 heteroatoms. The van der Waals surface area contributed by atoms with Crippen LogP contribution in [0.15, 0.2) is 18.3 Å². The summed E-state index contributed by atoms with van der Waals surface area (Å²) in [6.07, 6.45) is 3.18. The van der Waals surface area contributed by atoms with Crippen LogP contribution < -0.4 is 10.1 Å². The Balaban J connectivity index is 1.92. The molecule has 0 radical (unpaired) electrons. The Morgan fingerprint density at radius 1 is 1.45 bits per heavy atom. The zero-order valence-corrected chi connectivity index (χ0v) is 13.0. The lowest BCUT2D eigenvalue weighted by molar-refractivity contribution is 0.210. The Labute approximate surface area is 132 Å². The Kier molecular flexibility index (Phi) is 4.26. The van der Waals surface area contributed by atoms with E-state index in [0.717, 1.165) is 24.7 Å². The first-order valence-electron chi connectivity index (χ1n) is 7.14. The molecule has 2 N–H and O–H groups in total. The molecule has 118 valence electrons. The molecule has 0 spiro atoms. The van der Waals surface area contributed by atoms with Crippen LogP contribution in [0.4, 0.5) is 8.78 Å². The second-order valence-corrected chi connectivity index (χ2v) is 5.74. The van der Waals surface area contributed by atoms with Crippen molar-refractivity contribution in [3.05, 3.63) is 46.0 Å². The lowest BCUT2D eigenvalue weighted by Crippen LogP contribution is -2.27. The van der Waals surface area contributed by atoms with Crippen LogP contribution in [0.2, 0.25) is 0 Å². The molecule has 0 saturated carbocycles. The van der Waals surface area contributed by atoms with Gasteiger partial charge >= 0.3 is 0 Å². The Hall–Kier alpha value is -1.73. The number of aromatic amines is 1. The number of likely N-dealkylation sites (N-methyl/N-ethyl adjacent to an activating group) is 1. The molecule has 0 saturated heterocycles. The van der Waals surface area contributed by atoms with E-state index in [1.54, 1.807) is 0 Å². The van der Waals surface area contributed by atoms with Crippen LogP contribution in [0.25, 0.3) is 0 Å². The van der Waals surface area contributed by atoms with E-state index in [1.807, 2.05) is 17.8 Å².